The third kappa shape index (κ3) is 4.04. The lowest BCUT2D eigenvalue weighted by Gasteiger charge is -2.16. The van der Waals surface area contributed by atoms with Gasteiger partial charge in [-0.25, -0.2) is 0 Å². The molecular weight excluding hydrogens is 254 g/mol. The minimum atomic E-state index is -0.411. The zero-order chi connectivity index (χ0) is 13.5. The van der Waals surface area contributed by atoms with Crippen molar-refractivity contribution in [2.24, 2.45) is 0 Å². The largest absolute Gasteiger partial charge is 0.465 e. The number of nitrogens with zero attached hydrogens (tertiary/aromatic N) is 1. The number of rotatable bonds is 5. The summed E-state index contributed by atoms with van der Waals surface area (Å²) >= 11 is 5.67. The Morgan fingerprint density at radius 1 is 1.28 bits per heavy atom. The van der Waals surface area contributed by atoms with Crippen molar-refractivity contribution in [2.45, 2.75) is 12.8 Å². The monoisotopic (exact) mass is 269 g/mol. The second kappa shape index (κ2) is 7.01. The van der Waals surface area contributed by atoms with Crippen molar-refractivity contribution in [2.75, 3.05) is 20.2 Å². The third-order valence-corrected chi connectivity index (χ3v) is 2.68. The van der Waals surface area contributed by atoms with Gasteiger partial charge in [0.25, 0.3) is 5.91 Å². The molecule has 0 heterocycles. The van der Waals surface area contributed by atoms with Crippen molar-refractivity contribution >= 4 is 23.5 Å². The van der Waals surface area contributed by atoms with Gasteiger partial charge in [-0.1, -0.05) is 12.1 Å². The van der Waals surface area contributed by atoms with E-state index in [0.717, 1.165) is 5.56 Å². The SMILES string of the molecule is CCOC(=O)CN(C)C(=O)c1ccc(CCl)cc1. The molecule has 0 aliphatic carbocycles. The van der Waals surface area contributed by atoms with Gasteiger partial charge in [0.05, 0.1) is 6.61 Å². The maximum Gasteiger partial charge on any atom is 0.325 e. The number of esters is 1. The number of benzene rings is 1. The fraction of sp³-hybridized carbons (Fsp3) is 0.385. The summed E-state index contributed by atoms with van der Waals surface area (Å²) in [7, 11) is 1.56. The number of likely N-dealkylation sites (N-methyl/N-ethyl adjacent to an activating group) is 1. The number of carbonyl (C=O) groups is 2. The average molecular weight is 270 g/mol. The molecule has 98 valence electrons. The van der Waals surface area contributed by atoms with Crippen molar-refractivity contribution in [1.29, 1.82) is 0 Å². The maximum atomic E-state index is 12.0. The van der Waals surface area contributed by atoms with Crippen LogP contribution in [0.5, 0.6) is 0 Å². The van der Waals surface area contributed by atoms with E-state index in [1.807, 2.05) is 0 Å². The smallest absolute Gasteiger partial charge is 0.325 e. The molecule has 0 aliphatic heterocycles. The first-order valence-electron chi connectivity index (χ1n) is 5.64. The van der Waals surface area contributed by atoms with Crippen LogP contribution < -0.4 is 0 Å². The predicted molar refractivity (Wildman–Crippen MR) is 69.6 cm³/mol. The normalized spacial score (nSPS) is 9.94. The van der Waals surface area contributed by atoms with Crippen LogP contribution in [-0.2, 0) is 15.4 Å². The van der Waals surface area contributed by atoms with Gasteiger partial charge in [-0.15, -0.1) is 11.6 Å². The number of ether oxygens (including phenoxy) is 1. The molecule has 4 nitrogen and oxygen atoms in total. The molecule has 1 aromatic carbocycles. The standard InChI is InChI=1S/C13H16ClNO3/c1-3-18-12(16)9-15(2)13(17)11-6-4-10(8-14)5-7-11/h4-7H,3,8-9H2,1-2H3. The molecule has 0 aliphatic rings. The molecule has 1 amide bonds. The second-order valence-electron chi connectivity index (χ2n) is 3.80. The summed E-state index contributed by atoms with van der Waals surface area (Å²) in [4.78, 5) is 24.6. The molecule has 0 N–H and O–H groups in total. The lowest BCUT2D eigenvalue weighted by atomic mass is 10.1. The zero-order valence-electron chi connectivity index (χ0n) is 10.5. The molecule has 5 heteroatoms. The van der Waals surface area contributed by atoms with Gasteiger partial charge in [0.1, 0.15) is 6.54 Å². The highest BCUT2D eigenvalue weighted by molar-refractivity contribution is 6.17. The van der Waals surface area contributed by atoms with Gasteiger partial charge in [0.2, 0.25) is 0 Å². The highest BCUT2D eigenvalue weighted by Gasteiger charge is 2.15. The average Bonchev–Trinajstić information content (AvgIpc) is 2.38. The maximum absolute atomic E-state index is 12.0. The number of carbonyl (C=O) groups excluding carboxylic acids is 2. The van der Waals surface area contributed by atoms with Crippen LogP contribution in [0.2, 0.25) is 0 Å². The van der Waals surface area contributed by atoms with Crippen LogP contribution >= 0.6 is 11.6 Å². The lowest BCUT2D eigenvalue weighted by Crippen LogP contribution is -2.33. The van der Waals surface area contributed by atoms with E-state index in [2.05, 4.69) is 0 Å². The fourth-order valence-corrected chi connectivity index (χ4v) is 1.61. The molecule has 0 bridgehead atoms. The van der Waals surface area contributed by atoms with Crippen LogP contribution in [0.15, 0.2) is 24.3 Å². The number of alkyl halides is 1. The summed E-state index contributed by atoms with van der Waals surface area (Å²) < 4.78 is 4.78. The highest BCUT2D eigenvalue weighted by atomic mass is 35.5. The van der Waals surface area contributed by atoms with Crippen LogP contribution in [0, 0.1) is 0 Å². The minimum absolute atomic E-state index is 0.0517. The van der Waals surface area contributed by atoms with Gasteiger partial charge in [0.15, 0.2) is 0 Å². The van der Waals surface area contributed by atoms with Gasteiger partial charge >= 0.3 is 5.97 Å². The molecule has 0 fully saturated rings. The van der Waals surface area contributed by atoms with Gasteiger partial charge in [-0.3, -0.25) is 9.59 Å². The highest BCUT2D eigenvalue weighted by Crippen LogP contribution is 2.08. The molecule has 1 aromatic rings. The Bertz CT molecular complexity index is 417. The van der Waals surface area contributed by atoms with Crippen molar-refractivity contribution in [1.82, 2.24) is 4.90 Å². The summed E-state index contributed by atoms with van der Waals surface area (Å²) in [5, 5.41) is 0. The van der Waals surface area contributed by atoms with E-state index >= 15 is 0 Å². The first-order valence-corrected chi connectivity index (χ1v) is 6.18. The molecule has 0 radical (unpaired) electrons. The molecule has 18 heavy (non-hydrogen) atoms. The molecule has 0 aromatic heterocycles. The minimum Gasteiger partial charge on any atom is -0.465 e. The third-order valence-electron chi connectivity index (χ3n) is 2.37. The quantitative estimate of drug-likeness (QED) is 0.607. The van der Waals surface area contributed by atoms with E-state index < -0.39 is 5.97 Å². The Morgan fingerprint density at radius 3 is 2.39 bits per heavy atom. The summed E-state index contributed by atoms with van der Waals surface area (Å²) in [6, 6.07) is 6.97. The lowest BCUT2D eigenvalue weighted by molar-refractivity contribution is -0.143. The van der Waals surface area contributed by atoms with Crippen molar-refractivity contribution in [3.8, 4) is 0 Å². The second-order valence-corrected chi connectivity index (χ2v) is 4.06. The fourth-order valence-electron chi connectivity index (χ4n) is 1.43. The molecule has 0 unspecified atom stereocenters. The number of halogens is 1. The van der Waals surface area contributed by atoms with Crippen LogP contribution in [-0.4, -0.2) is 37.0 Å². The van der Waals surface area contributed by atoms with Gasteiger partial charge in [-0.2, -0.15) is 0 Å². The van der Waals surface area contributed by atoms with E-state index in [0.29, 0.717) is 18.1 Å². The Morgan fingerprint density at radius 2 is 1.89 bits per heavy atom. The van der Waals surface area contributed by atoms with Gasteiger partial charge in [-0.05, 0) is 24.6 Å². The van der Waals surface area contributed by atoms with Crippen LogP contribution in [0.3, 0.4) is 0 Å². The number of amides is 1. The van der Waals surface area contributed by atoms with E-state index in [1.54, 1.807) is 38.2 Å². The predicted octanol–water partition coefficient (Wildman–Crippen LogP) is 2.06. The van der Waals surface area contributed by atoms with Gasteiger partial charge in [0, 0.05) is 18.5 Å². The Labute approximate surface area is 111 Å². The number of hydrogen-bond acceptors (Lipinski definition) is 3. The Balaban J connectivity index is 2.64. The zero-order valence-corrected chi connectivity index (χ0v) is 11.2. The Kier molecular flexibility index (Phi) is 5.65. The van der Waals surface area contributed by atoms with Crippen molar-refractivity contribution < 1.29 is 14.3 Å². The summed E-state index contributed by atoms with van der Waals surface area (Å²) in [6.07, 6.45) is 0. The summed E-state index contributed by atoms with van der Waals surface area (Å²) in [5.74, 6) is -0.220. The Hall–Kier alpha value is -1.55. The summed E-state index contributed by atoms with van der Waals surface area (Å²) in [5.41, 5.74) is 1.47. The molecular formula is C13H16ClNO3. The molecule has 0 saturated carbocycles. The van der Waals surface area contributed by atoms with Crippen molar-refractivity contribution in [3.05, 3.63) is 35.4 Å². The van der Waals surface area contributed by atoms with Crippen LogP contribution in [0.1, 0.15) is 22.8 Å². The molecule has 0 saturated heterocycles. The van der Waals surface area contributed by atoms with Crippen LogP contribution in [0.25, 0.3) is 0 Å². The summed E-state index contributed by atoms with van der Waals surface area (Å²) in [6.45, 7) is 1.99. The molecule has 1 rings (SSSR count). The van der Waals surface area contributed by atoms with E-state index in [-0.39, 0.29) is 12.5 Å². The molecule has 0 spiro atoms. The van der Waals surface area contributed by atoms with E-state index in [9.17, 15) is 9.59 Å². The van der Waals surface area contributed by atoms with Crippen molar-refractivity contribution in [3.63, 3.8) is 0 Å². The first kappa shape index (κ1) is 14.5. The number of hydrogen-bond donors (Lipinski definition) is 0. The first-order chi connectivity index (χ1) is 8.58. The van der Waals surface area contributed by atoms with Crippen LogP contribution in [0.4, 0.5) is 0 Å². The topological polar surface area (TPSA) is 46.6 Å². The van der Waals surface area contributed by atoms with Gasteiger partial charge < -0.3 is 9.64 Å². The van der Waals surface area contributed by atoms with E-state index in [1.165, 1.54) is 4.90 Å². The van der Waals surface area contributed by atoms with E-state index in [4.69, 9.17) is 16.3 Å². The molecule has 0 atom stereocenters.